The van der Waals surface area contributed by atoms with Crippen LogP contribution in [0.5, 0.6) is 0 Å². The summed E-state index contributed by atoms with van der Waals surface area (Å²) in [6, 6.07) is 1.16. The fourth-order valence-electron chi connectivity index (χ4n) is 1.94. The lowest BCUT2D eigenvalue weighted by Crippen LogP contribution is -2.17. The summed E-state index contributed by atoms with van der Waals surface area (Å²) in [5.74, 6) is -1.42. The van der Waals surface area contributed by atoms with Crippen LogP contribution in [-0.2, 0) is 15.8 Å². The van der Waals surface area contributed by atoms with Gasteiger partial charge in [0.2, 0.25) is 5.82 Å². The molecule has 14 heteroatoms. The Hall–Kier alpha value is -2.86. The van der Waals surface area contributed by atoms with Crippen LogP contribution in [0.25, 0.3) is 5.69 Å². The Morgan fingerprint density at radius 1 is 1.41 bits per heavy atom. The highest BCUT2D eigenvalue weighted by molar-refractivity contribution is 6.38. The summed E-state index contributed by atoms with van der Waals surface area (Å²) in [5.41, 5.74) is -2.07. The van der Waals surface area contributed by atoms with Gasteiger partial charge in [-0.15, -0.1) is 0 Å². The van der Waals surface area contributed by atoms with Crippen molar-refractivity contribution in [2.24, 2.45) is 5.16 Å². The number of nitrogens with one attached hydrogen (secondary N) is 1. The van der Waals surface area contributed by atoms with Crippen LogP contribution in [0.2, 0.25) is 10.0 Å². The molecule has 2 aromatic rings. The number of oxime groups is 1. The van der Waals surface area contributed by atoms with Crippen molar-refractivity contribution in [2.75, 3.05) is 12.4 Å². The van der Waals surface area contributed by atoms with Crippen molar-refractivity contribution in [2.45, 2.75) is 6.18 Å². The van der Waals surface area contributed by atoms with Crippen molar-refractivity contribution >= 4 is 46.8 Å². The molecule has 0 saturated carbocycles. The molecule has 0 aliphatic heterocycles. The van der Waals surface area contributed by atoms with Gasteiger partial charge < -0.3 is 4.84 Å². The van der Waals surface area contributed by atoms with Crippen molar-refractivity contribution < 1.29 is 27.7 Å². The molecule has 0 spiro atoms. The summed E-state index contributed by atoms with van der Waals surface area (Å²) < 4.78 is 39.3. The molecule has 144 valence electrons. The van der Waals surface area contributed by atoms with Gasteiger partial charge in [-0.2, -0.15) is 18.3 Å². The zero-order chi connectivity index (χ0) is 20.4. The van der Waals surface area contributed by atoms with Crippen LogP contribution in [0, 0.1) is 10.1 Å². The Morgan fingerprint density at radius 2 is 2.00 bits per heavy atom. The monoisotopic (exact) mass is 425 g/mol. The van der Waals surface area contributed by atoms with Crippen molar-refractivity contribution in [1.82, 2.24) is 9.78 Å². The predicted molar refractivity (Wildman–Crippen MR) is 89.4 cm³/mol. The van der Waals surface area contributed by atoms with E-state index in [0.717, 1.165) is 18.0 Å². The summed E-state index contributed by atoms with van der Waals surface area (Å²) in [7, 11) is 1.16. The molecule has 0 fully saturated rings. The molecule has 2 rings (SSSR count). The van der Waals surface area contributed by atoms with Crippen LogP contribution >= 0.6 is 23.2 Å². The van der Waals surface area contributed by atoms with Gasteiger partial charge in [-0.05, 0) is 12.1 Å². The Kier molecular flexibility index (Phi) is 5.91. The molecule has 1 N–H and O–H groups in total. The van der Waals surface area contributed by atoms with E-state index in [9.17, 15) is 28.1 Å². The van der Waals surface area contributed by atoms with E-state index in [1.54, 1.807) is 0 Å². The number of aromatic nitrogens is 2. The van der Waals surface area contributed by atoms with Gasteiger partial charge in [0.25, 0.3) is 5.91 Å². The molecule has 0 aliphatic carbocycles. The first-order valence-corrected chi connectivity index (χ1v) is 7.48. The van der Waals surface area contributed by atoms with E-state index in [2.05, 4.69) is 20.4 Å². The molecule has 0 radical (unpaired) electrons. The lowest BCUT2D eigenvalue weighted by molar-refractivity contribution is -0.384. The van der Waals surface area contributed by atoms with Crippen LogP contribution in [0.3, 0.4) is 0 Å². The van der Waals surface area contributed by atoms with Gasteiger partial charge in [0.15, 0.2) is 0 Å². The molecular weight excluding hydrogens is 418 g/mol. The summed E-state index contributed by atoms with van der Waals surface area (Å²) in [6.07, 6.45) is -3.26. The number of carbonyl (C=O) groups excluding carboxylic acids is 1. The second-order valence-corrected chi connectivity index (χ2v) is 5.55. The zero-order valence-electron chi connectivity index (χ0n) is 13.1. The number of rotatable bonds is 5. The fraction of sp³-hybridized carbons (Fsp3) is 0.154. The number of amides is 1. The third kappa shape index (κ3) is 4.46. The number of hydrogen-bond acceptors (Lipinski definition) is 6. The van der Waals surface area contributed by atoms with Gasteiger partial charge >= 0.3 is 11.9 Å². The Balaban J connectivity index is 2.61. The highest BCUT2D eigenvalue weighted by Gasteiger charge is 2.33. The van der Waals surface area contributed by atoms with Gasteiger partial charge in [0.05, 0.1) is 20.5 Å². The maximum Gasteiger partial charge on any atom is 0.416 e. The Labute approximate surface area is 158 Å². The highest BCUT2D eigenvalue weighted by atomic mass is 35.5. The van der Waals surface area contributed by atoms with E-state index in [1.807, 2.05) is 0 Å². The number of nitro groups is 1. The van der Waals surface area contributed by atoms with Crippen LogP contribution in [0.4, 0.5) is 24.7 Å². The van der Waals surface area contributed by atoms with E-state index in [1.165, 1.54) is 0 Å². The number of carbonyl (C=O) groups is 1. The first kappa shape index (κ1) is 20.5. The van der Waals surface area contributed by atoms with E-state index in [-0.39, 0.29) is 5.69 Å². The van der Waals surface area contributed by atoms with Crippen molar-refractivity contribution in [1.29, 1.82) is 0 Å². The highest BCUT2D eigenvalue weighted by Crippen LogP contribution is 2.39. The summed E-state index contributed by atoms with van der Waals surface area (Å²) in [4.78, 5) is 26.4. The molecule has 0 atom stereocenters. The SMILES string of the molecule is CON=CC(=O)Nc1c([N+](=O)[O-])cnn1-c1c(Cl)cc(C(F)(F)F)cc1Cl. The van der Waals surface area contributed by atoms with Crippen LogP contribution in [-0.4, -0.2) is 33.9 Å². The minimum atomic E-state index is -4.71. The van der Waals surface area contributed by atoms with Gasteiger partial charge in [0, 0.05) is 0 Å². The van der Waals surface area contributed by atoms with Crippen molar-refractivity contribution in [3.63, 3.8) is 0 Å². The van der Waals surface area contributed by atoms with Crippen molar-refractivity contribution in [3.05, 3.63) is 44.1 Å². The number of anilines is 1. The smallest absolute Gasteiger partial charge is 0.399 e. The summed E-state index contributed by atoms with van der Waals surface area (Å²) in [5, 5.41) is 19.2. The maximum absolute atomic E-state index is 12.8. The number of nitrogens with zero attached hydrogens (tertiary/aromatic N) is 4. The second kappa shape index (κ2) is 7.80. The third-order valence-electron chi connectivity index (χ3n) is 3.02. The molecule has 0 bridgehead atoms. The average molecular weight is 426 g/mol. The average Bonchev–Trinajstić information content (AvgIpc) is 2.95. The normalized spacial score (nSPS) is 11.6. The fourth-order valence-corrected chi connectivity index (χ4v) is 2.59. The Bertz CT molecular complexity index is 906. The third-order valence-corrected chi connectivity index (χ3v) is 3.60. The van der Waals surface area contributed by atoms with Gasteiger partial charge in [-0.3, -0.25) is 20.2 Å². The topological polar surface area (TPSA) is 112 Å². The molecule has 1 aromatic carbocycles. The largest absolute Gasteiger partial charge is 0.416 e. The minimum Gasteiger partial charge on any atom is -0.399 e. The number of hydrogen-bond donors (Lipinski definition) is 1. The van der Waals surface area contributed by atoms with Crippen LogP contribution in [0.15, 0.2) is 23.5 Å². The Morgan fingerprint density at radius 3 is 2.48 bits per heavy atom. The molecule has 1 heterocycles. The maximum atomic E-state index is 12.8. The lowest BCUT2D eigenvalue weighted by atomic mass is 10.2. The number of benzene rings is 1. The van der Waals surface area contributed by atoms with E-state index < -0.39 is 44.1 Å². The molecule has 1 aromatic heterocycles. The lowest BCUT2D eigenvalue weighted by Gasteiger charge is -2.14. The van der Waals surface area contributed by atoms with E-state index in [4.69, 9.17) is 23.2 Å². The standard InChI is InChI=1S/C13H8Cl2F3N5O4/c1-27-20-5-10(24)21-12-9(23(25)26)4-19-22(12)11-7(14)2-6(3-8(11)15)13(16,17)18/h2-5H,1H3,(H,21,24). The molecule has 0 unspecified atom stereocenters. The van der Waals surface area contributed by atoms with Gasteiger partial charge in [-0.25, -0.2) is 4.68 Å². The van der Waals surface area contributed by atoms with E-state index in [0.29, 0.717) is 18.3 Å². The second-order valence-electron chi connectivity index (χ2n) is 4.74. The molecule has 0 aliphatic rings. The first-order chi connectivity index (χ1) is 12.6. The summed E-state index contributed by atoms with van der Waals surface area (Å²) >= 11 is 11.8. The van der Waals surface area contributed by atoms with Gasteiger partial charge in [-0.1, -0.05) is 28.4 Å². The summed E-state index contributed by atoms with van der Waals surface area (Å²) in [6.45, 7) is 0. The predicted octanol–water partition coefficient (Wildman–Crippen LogP) is 3.68. The van der Waals surface area contributed by atoms with Crippen LogP contribution in [0.1, 0.15) is 5.56 Å². The van der Waals surface area contributed by atoms with Crippen LogP contribution < -0.4 is 5.32 Å². The molecular formula is C13H8Cl2F3N5O4. The molecule has 9 nitrogen and oxygen atoms in total. The number of halogens is 5. The zero-order valence-corrected chi connectivity index (χ0v) is 14.6. The molecule has 1 amide bonds. The number of alkyl halides is 3. The van der Waals surface area contributed by atoms with E-state index >= 15 is 0 Å². The van der Waals surface area contributed by atoms with Crippen molar-refractivity contribution in [3.8, 4) is 5.69 Å². The quantitative estimate of drug-likeness (QED) is 0.446. The first-order valence-electron chi connectivity index (χ1n) is 6.72. The van der Waals surface area contributed by atoms with Gasteiger partial charge in [0.1, 0.15) is 25.2 Å². The molecule has 0 saturated heterocycles. The molecule has 27 heavy (non-hydrogen) atoms. The minimum absolute atomic E-state index is 0.293.